The van der Waals surface area contributed by atoms with Crippen molar-refractivity contribution in [3.8, 4) is 5.75 Å². The van der Waals surface area contributed by atoms with Gasteiger partial charge in [-0.3, -0.25) is 4.79 Å². The third-order valence-corrected chi connectivity index (χ3v) is 3.90. The Labute approximate surface area is 125 Å². The van der Waals surface area contributed by atoms with Gasteiger partial charge in [-0.05, 0) is 19.1 Å². The molecule has 0 saturated carbocycles. The van der Waals surface area contributed by atoms with Crippen molar-refractivity contribution in [1.29, 1.82) is 0 Å². The van der Waals surface area contributed by atoms with Crippen LogP contribution in [0.3, 0.4) is 0 Å². The first-order valence-corrected chi connectivity index (χ1v) is 7.03. The molecule has 0 aliphatic heterocycles. The maximum Gasteiger partial charge on any atom is 0.355 e. The van der Waals surface area contributed by atoms with Gasteiger partial charge in [0, 0.05) is 5.38 Å². The van der Waals surface area contributed by atoms with E-state index in [1.165, 1.54) is 12.5 Å². The van der Waals surface area contributed by atoms with Gasteiger partial charge in [0.05, 0.1) is 18.7 Å². The summed E-state index contributed by atoms with van der Waals surface area (Å²) in [7, 11) is 1.52. The minimum atomic E-state index is -1.10. The maximum atomic E-state index is 12.2. The molecule has 1 unspecified atom stereocenters. The van der Waals surface area contributed by atoms with Crippen molar-refractivity contribution in [2.45, 2.75) is 12.8 Å². The van der Waals surface area contributed by atoms with E-state index >= 15 is 0 Å². The highest BCUT2D eigenvalue weighted by Crippen LogP contribution is 2.26. The van der Waals surface area contributed by atoms with Gasteiger partial charge < -0.3 is 15.2 Å². The van der Waals surface area contributed by atoms with Crippen LogP contribution in [0.25, 0.3) is 0 Å². The van der Waals surface area contributed by atoms with Crippen LogP contribution in [-0.2, 0) is 4.79 Å². The van der Waals surface area contributed by atoms with Gasteiger partial charge in [-0.15, -0.1) is 11.3 Å². The van der Waals surface area contributed by atoms with E-state index in [4.69, 9.17) is 9.84 Å². The van der Waals surface area contributed by atoms with Crippen molar-refractivity contribution in [2.24, 2.45) is 0 Å². The van der Waals surface area contributed by atoms with Crippen molar-refractivity contribution in [1.82, 2.24) is 4.98 Å². The normalized spacial score (nSPS) is 11.7. The molecule has 2 N–H and O–H groups in total. The highest BCUT2D eigenvalue weighted by atomic mass is 32.1. The largest absolute Gasteiger partial charge is 0.495 e. The molecular weight excluding hydrogens is 292 g/mol. The van der Waals surface area contributed by atoms with Gasteiger partial charge in [-0.25, -0.2) is 9.78 Å². The average molecular weight is 306 g/mol. The highest BCUT2D eigenvalue weighted by molar-refractivity contribution is 7.10. The lowest BCUT2D eigenvalue weighted by atomic mass is 10.1. The topological polar surface area (TPSA) is 88.5 Å². The number of rotatable bonds is 5. The SMILES string of the molecule is COc1ccccc1NC(=O)C(C)c1nc(C(=O)O)cs1. The molecule has 0 aliphatic carbocycles. The van der Waals surface area contributed by atoms with Gasteiger partial charge in [0.2, 0.25) is 5.91 Å². The molecule has 110 valence electrons. The summed E-state index contributed by atoms with van der Waals surface area (Å²) in [6.07, 6.45) is 0. The lowest BCUT2D eigenvalue weighted by molar-refractivity contribution is -0.117. The number of aromatic nitrogens is 1. The summed E-state index contributed by atoms with van der Waals surface area (Å²) in [6.45, 7) is 1.68. The zero-order valence-electron chi connectivity index (χ0n) is 11.5. The molecule has 21 heavy (non-hydrogen) atoms. The van der Waals surface area contributed by atoms with Crippen LogP contribution in [0.4, 0.5) is 5.69 Å². The molecule has 0 bridgehead atoms. The number of ether oxygens (including phenoxy) is 1. The number of nitrogens with zero attached hydrogens (tertiary/aromatic N) is 1. The second-order valence-electron chi connectivity index (χ2n) is 4.29. The fourth-order valence-electron chi connectivity index (χ4n) is 1.69. The van der Waals surface area contributed by atoms with E-state index in [1.807, 2.05) is 0 Å². The van der Waals surface area contributed by atoms with Crippen LogP contribution in [0, 0.1) is 0 Å². The Bertz CT molecular complexity index is 668. The predicted octanol–water partition coefficient (Wildman–Crippen LogP) is 2.59. The Kier molecular flexibility index (Phi) is 4.54. The molecule has 2 aromatic rings. The number of aromatic carboxylic acids is 1. The minimum absolute atomic E-state index is 0.0491. The number of carboxylic acids is 1. The van der Waals surface area contributed by atoms with Crippen LogP contribution >= 0.6 is 11.3 Å². The van der Waals surface area contributed by atoms with Crippen LogP contribution in [0.2, 0.25) is 0 Å². The summed E-state index contributed by atoms with van der Waals surface area (Å²) in [5.74, 6) is -1.36. The lowest BCUT2D eigenvalue weighted by Gasteiger charge is -2.12. The average Bonchev–Trinajstić information content (AvgIpc) is 2.97. The number of thiazole rings is 1. The molecule has 1 atom stereocenters. The Hall–Kier alpha value is -2.41. The Morgan fingerprint density at radius 3 is 2.71 bits per heavy atom. The molecule has 0 spiro atoms. The number of amides is 1. The van der Waals surface area contributed by atoms with Crippen molar-refractivity contribution in [3.63, 3.8) is 0 Å². The van der Waals surface area contributed by atoms with Crippen LogP contribution in [0.15, 0.2) is 29.6 Å². The summed E-state index contributed by atoms with van der Waals surface area (Å²) in [5.41, 5.74) is 0.513. The zero-order chi connectivity index (χ0) is 15.4. The van der Waals surface area contributed by atoms with E-state index in [9.17, 15) is 9.59 Å². The molecule has 1 amide bonds. The first-order valence-electron chi connectivity index (χ1n) is 6.15. The molecule has 2 rings (SSSR count). The molecule has 1 heterocycles. The monoisotopic (exact) mass is 306 g/mol. The van der Waals surface area contributed by atoms with Gasteiger partial charge >= 0.3 is 5.97 Å². The molecular formula is C14H14N2O4S. The van der Waals surface area contributed by atoms with E-state index in [0.717, 1.165) is 11.3 Å². The van der Waals surface area contributed by atoms with Crippen LogP contribution in [0.5, 0.6) is 5.75 Å². The number of anilines is 1. The summed E-state index contributed by atoms with van der Waals surface area (Å²) in [6, 6.07) is 7.06. The number of methoxy groups -OCH3 is 1. The lowest BCUT2D eigenvalue weighted by Crippen LogP contribution is -2.19. The second kappa shape index (κ2) is 6.36. The summed E-state index contributed by atoms with van der Waals surface area (Å²) >= 11 is 1.15. The quantitative estimate of drug-likeness (QED) is 0.886. The fourth-order valence-corrected chi connectivity index (χ4v) is 2.53. The third-order valence-electron chi connectivity index (χ3n) is 2.87. The first-order chi connectivity index (χ1) is 10.0. The highest BCUT2D eigenvalue weighted by Gasteiger charge is 2.21. The molecule has 6 nitrogen and oxygen atoms in total. The van der Waals surface area contributed by atoms with Gasteiger partial charge in [0.15, 0.2) is 5.69 Å². The van der Waals surface area contributed by atoms with Crippen LogP contribution in [-0.4, -0.2) is 29.1 Å². The number of carbonyl (C=O) groups excluding carboxylic acids is 1. The number of benzene rings is 1. The molecule has 1 aromatic heterocycles. The molecule has 0 radical (unpaired) electrons. The van der Waals surface area contributed by atoms with E-state index in [-0.39, 0.29) is 11.6 Å². The van der Waals surface area contributed by atoms with Crippen LogP contribution in [0.1, 0.15) is 28.3 Å². The minimum Gasteiger partial charge on any atom is -0.495 e. The van der Waals surface area contributed by atoms with Gasteiger partial charge in [0.1, 0.15) is 10.8 Å². The van der Waals surface area contributed by atoms with E-state index in [1.54, 1.807) is 31.2 Å². The molecule has 1 aromatic carbocycles. The Balaban J connectivity index is 2.13. The summed E-state index contributed by atoms with van der Waals surface area (Å²) in [5, 5.41) is 13.5. The summed E-state index contributed by atoms with van der Waals surface area (Å²) < 4.78 is 5.16. The fraction of sp³-hybridized carbons (Fsp3) is 0.214. The Morgan fingerprint density at radius 2 is 2.10 bits per heavy atom. The Morgan fingerprint density at radius 1 is 1.38 bits per heavy atom. The number of hydrogen-bond donors (Lipinski definition) is 2. The van der Waals surface area contributed by atoms with Crippen molar-refractivity contribution < 1.29 is 19.4 Å². The summed E-state index contributed by atoms with van der Waals surface area (Å²) in [4.78, 5) is 27.0. The number of hydrogen-bond acceptors (Lipinski definition) is 5. The molecule has 7 heteroatoms. The van der Waals surface area contributed by atoms with Crippen LogP contribution < -0.4 is 10.1 Å². The predicted molar refractivity (Wildman–Crippen MR) is 79.1 cm³/mol. The van der Waals surface area contributed by atoms with Crippen molar-refractivity contribution in [3.05, 3.63) is 40.3 Å². The number of carbonyl (C=O) groups is 2. The van der Waals surface area contributed by atoms with Crippen molar-refractivity contribution >= 4 is 28.9 Å². The smallest absolute Gasteiger partial charge is 0.355 e. The van der Waals surface area contributed by atoms with Gasteiger partial charge in [-0.2, -0.15) is 0 Å². The molecule has 0 saturated heterocycles. The standard InChI is InChI=1S/C14H14N2O4S/c1-8(13-16-10(7-21-13)14(18)19)12(17)15-9-5-3-4-6-11(9)20-2/h3-8H,1-2H3,(H,15,17)(H,18,19). The third kappa shape index (κ3) is 3.38. The second-order valence-corrected chi connectivity index (χ2v) is 5.18. The van der Waals surface area contributed by atoms with Crippen molar-refractivity contribution in [2.75, 3.05) is 12.4 Å². The number of para-hydroxylation sites is 2. The maximum absolute atomic E-state index is 12.2. The van der Waals surface area contributed by atoms with Gasteiger partial charge in [0.25, 0.3) is 0 Å². The van der Waals surface area contributed by atoms with E-state index in [2.05, 4.69) is 10.3 Å². The molecule has 0 aliphatic rings. The molecule has 0 fully saturated rings. The zero-order valence-corrected chi connectivity index (χ0v) is 12.3. The first kappa shape index (κ1) is 15.0. The number of carboxylic acid groups (broad SMARTS) is 1. The van der Waals surface area contributed by atoms with Gasteiger partial charge in [-0.1, -0.05) is 12.1 Å². The number of nitrogens with one attached hydrogen (secondary N) is 1. The van der Waals surface area contributed by atoms with E-state index < -0.39 is 11.9 Å². The van der Waals surface area contributed by atoms with E-state index in [0.29, 0.717) is 16.4 Å².